The number of aromatic nitrogens is 6. The number of nitrogens with zero attached hydrogens (tertiary/aromatic N) is 5. The van der Waals surface area contributed by atoms with Crippen molar-refractivity contribution in [2.24, 2.45) is 0 Å². The zero-order chi connectivity index (χ0) is 12.1. The normalized spacial score (nSPS) is 11.6. The summed E-state index contributed by atoms with van der Waals surface area (Å²) in [6, 6.07) is 3.93. The van der Waals surface area contributed by atoms with Crippen molar-refractivity contribution in [3.63, 3.8) is 0 Å². The number of hydrogen-bond donors (Lipinski definition) is 2. The number of thiophene rings is 1. The Morgan fingerprint density at radius 3 is 3.11 bits per heavy atom. The Morgan fingerprint density at radius 2 is 2.28 bits per heavy atom. The molecule has 4 aromatic rings. The van der Waals surface area contributed by atoms with Crippen LogP contribution in [0.1, 0.15) is 0 Å². The smallest absolute Gasteiger partial charge is 0.225 e. The van der Waals surface area contributed by atoms with Crippen LogP contribution in [-0.2, 0) is 0 Å². The molecule has 0 amide bonds. The van der Waals surface area contributed by atoms with Gasteiger partial charge in [0.25, 0.3) is 0 Å². The Kier molecular flexibility index (Phi) is 1.73. The van der Waals surface area contributed by atoms with E-state index in [4.69, 9.17) is 5.73 Å². The van der Waals surface area contributed by atoms with Crippen LogP contribution in [0.5, 0.6) is 0 Å². The summed E-state index contributed by atoms with van der Waals surface area (Å²) >= 11 is 1.58. The van der Waals surface area contributed by atoms with Crippen molar-refractivity contribution in [3.05, 3.63) is 23.7 Å². The van der Waals surface area contributed by atoms with E-state index in [1.54, 1.807) is 17.5 Å². The minimum Gasteiger partial charge on any atom is -0.368 e. The van der Waals surface area contributed by atoms with Crippen molar-refractivity contribution >= 4 is 34.0 Å². The first-order chi connectivity index (χ1) is 8.83. The van der Waals surface area contributed by atoms with Gasteiger partial charge in [-0.3, -0.25) is 5.10 Å². The molecule has 0 radical (unpaired) electrons. The largest absolute Gasteiger partial charge is 0.368 e. The summed E-state index contributed by atoms with van der Waals surface area (Å²) < 4.78 is 1.53. The molecule has 0 bridgehead atoms. The average molecular weight is 257 g/mol. The maximum Gasteiger partial charge on any atom is 0.225 e. The highest BCUT2D eigenvalue weighted by Crippen LogP contribution is 2.24. The molecule has 0 aliphatic heterocycles. The Labute approximate surface area is 104 Å². The lowest BCUT2D eigenvalue weighted by Crippen LogP contribution is -2.02. The van der Waals surface area contributed by atoms with Crippen molar-refractivity contribution in [1.29, 1.82) is 0 Å². The molecular formula is C10H7N7S. The second kappa shape index (κ2) is 3.26. The average Bonchev–Trinajstić information content (AvgIpc) is 3.08. The number of nitrogens with one attached hydrogen (secondary N) is 1. The highest BCUT2D eigenvalue weighted by Gasteiger charge is 2.14. The monoisotopic (exact) mass is 257 g/mol. The lowest BCUT2D eigenvalue weighted by Gasteiger charge is -1.96. The van der Waals surface area contributed by atoms with Crippen LogP contribution in [0.25, 0.3) is 27.4 Å². The predicted molar refractivity (Wildman–Crippen MR) is 68.2 cm³/mol. The Hall–Kier alpha value is -2.48. The maximum atomic E-state index is 5.85. The molecule has 0 aromatic carbocycles. The fourth-order valence-electron chi connectivity index (χ4n) is 1.85. The number of rotatable bonds is 1. The van der Waals surface area contributed by atoms with Crippen LogP contribution in [0.2, 0.25) is 0 Å². The number of hydrogen-bond acceptors (Lipinski definition) is 6. The predicted octanol–water partition coefficient (Wildman–Crippen LogP) is 1.31. The van der Waals surface area contributed by atoms with Gasteiger partial charge in [-0.05, 0) is 11.4 Å². The van der Waals surface area contributed by atoms with E-state index in [1.807, 2.05) is 17.5 Å². The summed E-state index contributed by atoms with van der Waals surface area (Å²) in [5.74, 6) is 0.934. The Balaban J connectivity index is 2.13. The Morgan fingerprint density at radius 1 is 1.33 bits per heavy atom. The van der Waals surface area contributed by atoms with Gasteiger partial charge in [0.2, 0.25) is 5.95 Å². The van der Waals surface area contributed by atoms with Crippen LogP contribution in [0.3, 0.4) is 0 Å². The van der Waals surface area contributed by atoms with Crippen LogP contribution in [0.15, 0.2) is 23.7 Å². The lowest BCUT2D eigenvalue weighted by atomic mass is 10.4. The van der Waals surface area contributed by atoms with Crippen LogP contribution in [0, 0.1) is 0 Å². The van der Waals surface area contributed by atoms with Gasteiger partial charge < -0.3 is 5.73 Å². The molecule has 0 aliphatic carbocycles. The maximum absolute atomic E-state index is 5.85. The third kappa shape index (κ3) is 1.17. The molecule has 4 heterocycles. The molecule has 0 fully saturated rings. The number of anilines is 1. The van der Waals surface area contributed by atoms with E-state index in [0.717, 1.165) is 10.3 Å². The van der Waals surface area contributed by atoms with Gasteiger partial charge in [0.15, 0.2) is 17.1 Å². The molecule has 0 aliphatic rings. The van der Waals surface area contributed by atoms with Gasteiger partial charge in [0.05, 0.1) is 16.5 Å². The molecule has 0 spiro atoms. The van der Waals surface area contributed by atoms with E-state index in [9.17, 15) is 0 Å². The summed E-state index contributed by atoms with van der Waals surface area (Å²) in [5.41, 5.74) is 7.13. The molecule has 0 unspecified atom stereocenters. The van der Waals surface area contributed by atoms with Gasteiger partial charge >= 0.3 is 0 Å². The lowest BCUT2D eigenvalue weighted by molar-refractivity contribution is 0.952. The molecule has 8 heteroatoms. The number of H-pyrrole nitrogens is 1. The van der Waals surface area contributed by atoms with Gasteiger partial charge in [-0.2, -0.15) is 14.6 Å². The van der Waals surface area contributed by atoms with Crippen LogP contribution in [0.4, 0.5) is 5.95 Å². The van der Waals surface area contributed by atoms with Crippen molar-refractivity contribution in [3.8, 4) is 10.7 Å². The van der Waals surface area contributed by atoms with Gasteiger partial charge in [0, 0.05) is 0 Å². The summed E-state index contributed by atoms with van der Waals surface area (Å²) in [5, 5.41) is 13.9. The molecule has 0 atom stereocenters. The van der Waals surface area contributed by atoms with Crippen LogP contribution in [-0.4, -0.2) is 29.8 Å². The molecule has 3 N–H and O–H groups in total. The van der Waals surface area contributed by atoms with E-state index in [-0.39, 0.29) is 5.95 Å². The van der Waals surface area contributed by atoms with Crippen LogP contribution >= 0.6 is 11.3 Å². The molecular weight excluding hydrogens is 250 g/mol. The van der Waals surface area contributed by atoms with Gasteiger partial charge in [0.1, 0.15) is 0 Å². The highest BCUT2D eigenvalue weighted by molar-refractivity contribution is 7.13. The first-order valence-electron chi connectivity index (χ1n) is 5.22. The van der Waals surface area contributed by atoms with Gasteiger partial charge in [-0.15, -0.1) is 16.4 Å². The van der Waals surface area contributed by atoms with Crippen molar-refractivity contribution in [1.82, 2.24) is 29.8 Å². The van der Waals surface area contributed by atoms with E-state index >= 15 is 0 Å². The molecule has 4 rings (SSSR count). The van der Waals surface area contributed by atoms with E-state index in [2.05, 4.69) is 25.3 Å². The quantitative estimate of drug-likeness (QED) is 0.535. The fraction of sp³-hybridized carbons (Fsp3) is 0. The molecule has 88 valence electrons. The third-order valence-corrected chi connectivity index (χ3v) is 3.52. The van der Waals surface area contributed by atoms with Gasteiger partial charge in [-0.25, -0.2) is 4.98 Å². The van der Waals surface area contributed by atoms with Crippen molar-refractivity contribution in [2.75, 3.05) is 5.73 Å². The zero-order valence-electron chi connectivity index (χ0n) is 9.03. The van der Waals surface area contributed by atoms with E-state index < -0.39 is 0 Å². The summed E-state index contributed by atoms with van der Waals surface area (Å²) in [6.45, 7) is 0. The topological polar surface area (TPSA) is 97.8 Å². The number of nitrogens with two attached hydrogens (primary N) is 1. The SMILES string of the molecule is Nc1nc2[nH]ncc2c2nc(-c3cccs3)nn12. The van der Waals surface area contributed by atoms with Crippen LogP contribution < -0.4 is 5.73 Å². The summed E-state index contributed by atoms with van der Waals surface area (Å²) in [6.07, 6.45) is 1.67. The first kappa shape index (κ1) is 9.54. The second-order valence-corrected chi connectivity index (χ2v) is 4.70. The third-order valence-electron chi connectivity index (χ3n) is 2.65. The van der Waals surface area contributed by atoms with E-state index in [0.29, 0.717) is 17.1 Å². The van der Waals surface area contributed by atoms with Crippen molar-refractivity contribution < 1.29 is 0 Å². The number of aromatic amines is 1. The Bertz CT molecular complexity index is 842. The minimum atomic E-state index is 0.289. The molecule has 7 nitrogen and oxygen atoms in total. The minimum absolute atomic E-state index is 0.289. The first-order valence-corrected chi connectivity index (χ1v) is 6.10. The van der Waals surface area contributed by atoms with Gasteiger partial charge in [-0.1, -0.05) is 6.07 Å². The summed E-state index contributed by atoms with van der Waals surface area (Å²) in [7, 11) is 0. The fourth-order valence-corrected chi connectivity index (χ4v) is 2.50. The molecule has 18 heavy (non-hydrogen) atoms. The zero-order valence-corrected chi connectivity index (χ0v) is 9.85. The van der Waals surface area contributed by atoms with Crippen molar-refractivity contribution in [2.45, 2.75) is 0 Å². The highest BCUT2D eigenvalue weighted by atomic mass is 32.1. The molecule has 4 aromatic heterocycles. The summed E-state index contributed by atoms with van der Waals surface area (Å²) in [4.78, 5) is 9.68. The molecule has 0 saturated heterocycles. The molecule has 0 saturated carbocycles. The number of nitrogen functional groups attached to an aromatic ring is 1. The standard InChI is InChI=1S/C10H7N7S/c11-10-14-7-5(4-12-15-7)9-13-8(16-17(9)10)6-2-1-3-18-6/h1-4H,(H3,11,12,14,15). The second-order valence-electron chi connectivity index (χ2n) is 3.75. The number of fused-ring (bicyclic) bond motifs is 3. The van der Waals surface area contributed by atoms with E-state index in [1.165, 1.54) is 4.52 Å².